The van der Waals surface area contributed by atoms with E-state index in [-0.39, 0.29) is 18.2 Å². The smallest absolute Gasteiger partial charge is 0.341 e. The monoisotopic (exact) mass is 718 g/mol. The predicted octanol–water partition coefficient (Wildman–Crippen LogP) is 8.19. The van der Waals surface area contributed by atoms with Gasteiger partial charge in [0.05, 0.1) is 11.9 Å². The Morgan fingerprint density at radius 2 is 1.55 bits per heavy atom. The second-order valence-electron chi connectivity index (χ2n) is 11.5. The third kappa shape index (κ3) is 9.74. The molecule has 0 saturated carbocycles. The zero-order valence-electron chi connectivity index (χ0n) is 28.6. The van der Waals surface area contributed by atoms with Gasteiger partial charge in [0.1, 0.15) is 16.3 Å². The normalized spacial score (nSPS) is 11.6. The molecule has 51 heavy (non-hydrogen) atoms. The molecule has 3 N–H and O–H groups in total. The highest BCUT2D eigenvalue weighted by molar-refractivity contribution is 8.00. The van der Waals surface area contributed by atoms with Crippen molar-refractivity contribution < 1.29 is 23.9 Å². The largest absolute Gasteiger partial charge is 0.462 e. The van der Waals surface area contributed by atoms with Gasteiger partial charge in [0.15, 0.2) is 0 Å². The minimum atomic E-state index is -0.556. The molecule has 9 nitrogen and oxygen atoms in total. The highest BCUT2D eigenvalue weighted by Crippen LogP contribution is 2.37. The molecule has 0 bridgehead atoms. The van der Waals surface area contributed by atoms with Crippen LogP contribution in [0.25, 0.3) is 17.2 Å². The number of hydrogen-bond acceptors (Lipinski definition) is 8. The predicted molar refractivity (Wildman–Crippen MR) is 207 cm³/mol. The Bertz CT molecular complexity index is 2030. The number of nitrogens with one attached hydrogen (secondary N) is 3. The average molecular weight is 719 g/mol. The molecule has 5 aromatic rings. The number of hydrogen-bond donors (Lipinski definition) is 3. The maximum absolute atomic E-state index is 13.6. The molecule has 1 atom stereocenters. The van der Waals surface area contributed by atoms with E-state index in [1.54, 1.807) is 62.4 Å². The topological polar surface area (TPSA) is 117 Å². The molecule has 260 valence electrons. The molecule has 1 heterocycles. The van der Waals surface area contributed by atoms with Crippen molar-refractivity contribution in [3.8, 4) is 11.1 Å². The van der Waals surface area contributed by atoms with Gasteiger partial charge in [-0.25, -0.2) is 4.79 Å². The summed E-state index contributed by atoms with van der Waals surface area (Å²) in [5.41, 5.74) is 4.55. The quantitative estimate of drug-likeness (QED) is 0.0639. The van der Waals surface area contributed by atoms with Crippen molar-refractivity contribution in [1.29, 1.82) is 0 Å². The number of esters is 1. The SMILES string of the molecule is CCOC(=O)c1c(-c2ccccc2)csc1NC(=O)C(C)Sc1cccc(NC(=O)/C(=C\c2ccc(N(C)C)cc2)NC(=O)c2ccccc2)c1. The second-order valence-corrected chi connectivity index (χ2v) is 13.8. The fraction of sp³-hybridized carbons (Fsp3) is 0.150. The fourth-order valence-corrected chi connectivity index (χ4v) is 6.87. The molecule has 0 aliphatic rings. The van der Waals surface area contributed by atoms with Crippen LogP contribution < -0.4 is 20.9 Å². The Kier molecular flexibility index (Phi) is 12.4. The van der Waals surface area contributed by atoms with Gasteiger partial charge in [0.2, 0.25) is 5.91 Å². The standard InChI is InChI=1S/C40H38N4O5S2/c1-5-49-40(48)35-33(28-13-8-6-9-14-28)25-50-39(35)43-36(45)26(2)51-32-18-12-17-30(24-32)41-38(47)34(42-37(46)29-15-10-7-11-16-29)23-27-19-21-31(22-20-27)44(3)4/h6-26H,5H2,1-4H3,(H,41,47)(H,42,46)(H,43,45)/b34-23+. The first kappa shape index (κ1) is 36.6. The van der Waals surface area contributed by atoms with Crippen molar-refractivity contribution in [2.75, 3.05) is 36.2 Å². The van der Waals surface area contributed by atoms with Crippen LogP contribution in [-0.4, -0.2) is 49.6 Å². The van der Waals surface area contributed by atoms with Crippen LogP contribution in [0.15, 0.2) is 125 Å². The number of rotatable bonds is 13. The molecule has 3 amide bonds. The number of carbonyl (C=O) groups excluding carboxylic acids is 4. The number of ether oxygens (including phenoxy) is 1. The van der Waals surface area contributed by atoms with E-state index < -0.39 is 23.0 Å². The summed E-state index contributed by atoms with van der Waals surface area (Å²) in [5.74, 6) is -1.73. The van der Waals surface area contributed by atoms with E-state index in [1.165, 1.54) is 23.1 Å². The average Bonchev–Trinajstić information content (AvgIpc) is 3.56. The lowest BCUT2D eigenvalue weighted by Gasteiger charge is -2.15. The Hall–Kier alpha value is -5.65. The van der Waals surface area contributed by atoms with Gasteiger partial charge in [0, 0.05) is 46.9 Å². The first-order valence-corrected chi connectivity index (χ1v) is 18.0. The number of nitrogens with zero attached hydrogens (tertiary/aromatic N) is 1. The Morgan fingerprint density at radius 3 is 2.22 bits per heavy atom. The molecular weight excluding hydrogens is 681 g/mol. The van der Waals surface area contributed by atoms with Crippen molar-refractivity contribution in [2.45, 2.75) is 24.0 Å². The fourth-order valence-electron chi connectivity index (χ4n) is 4.98. The molecule has 0 aliphatic heterocycles. The van der Waals surface area contributed by atoms with E-state index in [4.69, 9.17) is 4.74 Å². The van der Waals surface area contributed by atoms with E-state index in [0.717, 1.165) is 21.7 Å². The van der Waals surface area contributed by atoms with Crippen molar-refractivity contribution in [3.63, 3.8) is 0 Å². The van der Waals surface area contributed by atoms with Crippen molar-refractivity contribution >= 4 is 69.2 Å². The van der Waals surface area contributed by atoms with Gasteiger partial charge in [-0.05, 0) is 73.5 Å². The number of benzene rings is 4. The molecular formula is C40H38N4O5S2. The van der Waals surface area contributed by atoms with Crippen molar-refractivity contribution in [3.05, 3.63) is 137 Å². The number of anilines is 3. The number of carbonyl (C=O) groups is 4. The van der Waals surface area contributed by atoms with Gasteiger partial charge in [-0.15, -0.1) is 23.1 Å². The minimum Gasteiger partial charge on any atom is -0.462 e. The van der Waals surface area contributed by atoms with Gasteiger partial charge >= 0.3 is 5.97 Å². The lowest BCUT2D eigenvalue weighted by Crippen LogP contribution is -2.30. The van der Waals surface area contributed by atoms with Crippen LogP contribution in [0.2, 0.25) is 0 Å². The zero-order chi connectivity index (χ0) is 36.3. The maximum Gasteiger partial charge on any atom is 0.341 e. The first-order valence-electron chi connectivity index (χ1n) is 16.2. The third-order valence-electron chi connectivity index (χ3n) is 7.62. The summed E-state index contributed by atoms with van der Waals surface area (Å²) in [5, 5.41) is 10.3. The summed E-state index contributed by atoms with van der Waals surface area (Å²) in [4.78, 5) is 55.8. The van der Waals surface area contributed by atoms with Crippen LogP contribution in [-0.2, 0) is 14.3 Å². The maximum atomic E-state index is 13.6. The molecule has 5 rings (SSSR count). The Morgan fingerprint density at radius 1 is 0.863 bits per heavy atom. The Balaban J connectivity index is 1.30. The van der Waals surface area contributed by atoms with E-state index in [9.17, 15) is 19.2 Å². The summed E-state index contributed by atoms with van der Waals surface area (Å²) >= 11 is 2.57. The van der Waals surface area contributed by atoms with Crippen LogP contribution in [0.5, 0.6) is 0 Å². The van der Waals surface area contributed by atoms with Gasteiger partial charge in [0.25, 0.3) is 11.8 Å². The van der Waals surface area contributed by atoms with E-state index >= 15 is 0 Å². The molecule has 0 aliphatic carbocycles. The summed E-state index contributed by atoms with van der Waals surface area (Å²) in [6.07, 6.45) is 1.62. The van der Waals surface area contributed by atoms with Gasteiger partial charge in [-0.2, -0.15) is 0 Å². The molecule has 0 spiro atoms. The van der Waals surface area contributed by atoms with E-state index in [2.05, 4.69) is 16.0 Å². The Labute approximate surface area is 305 Å². The molecule has 0 fully saturated rings. The lowest BCUT2D eigenvalue weighted by atomic mass is 10.0. The van der Waals surface area contributed by atoms with Crippen LogP contribution in [0.4, 0.5) is 16.4 Å². The third-order valence-corrected chi connectivity index (χ3v) is 9.60. The summed E-state index contributed by atoms with van der Waals surface area (Å²) in [6, 6.07) is 32.8. The summed E-state index contributed by atoms with van der Waals surface area (Å²) < 4.78 is 5.33. The van der Waals surface area contributed by atoms with Crippen LogP contribution in [0.3, 0.4) is 0 Å². The first-order chi connectivity index (χ1) is 24.6. The van der Waals surface area contributed by atoms with Gasteiger partial charge < -0.3 is 25.6 Å². The highest BCUT2D eigenvalue weighted by Gasteiger charge is 2.25. The molecule has 4 aromatic carbocycles. The van der Waals surface area contributed by atoms with Crippen LogP contribution >= 0.6 is 23.1 Å². The van der Waals surface area contributed by atoms with Crippen LogP contribution in [0, 0.1) is 0 Å². The number of amides is 3. The molecule has 0 saturated heterocycles. The van der Waals surface area contributed by atoms with Crippen LogP contribution in [0.1, 0.15) is 40.1 Å². The second kappa shape index (κ2) is 17.3. The summed E-state index contributed by atoms with van der Waals surface area (Å²) in [6.45, 7) is 3.71. The van der Waals surface area contributed by atoms with Crippen molar-refractivity contribution in [2.24, 2.45) is 0 Å². The molecule has 0 radical (unpaired) electrons. The highest BCUT2D eigenvalue weighted by atomic mass is 32.2. The summed E-state index contributed by atoms with van der Waals surface area (Å²) in [7, 11) is 3.88. The molecule has 11 heteroatoms. The van der Waals surface area contributed by atoms with E-state index in [1.807, 2.05) is 91.1 Å². The van der Waals surface area contributed by atoms with E-state index in [0.29, 0.717) is 27.4 Å². The van der Waals surface area contributed by atoms with Crippen molar-refractivity contribution in [1.82, 2.24) is 5.32 Å². The number of thiophene rings is 1. The number of thioether (sulfide) groups is 1. The van der Waals surface area contributed by atoms with Gasteiger partial charge in [-0.3, -0.25) is 14.4 Å². The lowest BCUT2D eigenvalue weighted by molar-refractivity contribution is -0.115. The molecule has 1 aromatic heterocycles. The minimum absolute atomic E-state index is 0.0653. The van der Waals surface area contributed by atoms with Gasteiger partial charge in [-0.1, -0.05) is 66.7 Å². The zero-order valence-corrected chi connectivity index (χ0v) is 30.3. The molecule has 1 unspecified atom stereocenters.